The van der Waals surface area contributed by atoms with Gasteiger partial charge in [0.1, 0.15) is 3.53 Å². The average molecular weight is 277 g/mol. The van der Waals surface area contributed by atoms with E-state index in [1.165, 1.54) is 11.8 Å². The molecule has 0 heterocycles. The summed E-state index contributed by atoms with van der Waals surface area (Å²) < 4.78 is 0.819. The summed E-state index contributed by atoms with van der Waals surface area (Å²) in [5, 5.41) is 17.6. The van der Waals surface area contributed by atoms with Gasteiger partial charge in [0.15, 0.2) is 0 Å². The Morgan fingerprint density at radius 1 is 1.56 bits per heavy atom. The fraction of sp³-hybridized carbons (Fsp3) is 0.700. The number of nitriles is 1. The summed E-state index contributed by atoms with van der Waals surface area (Å²) >= 11 is 8.14. The Morgan fingerprint density at radius 3 is 2.62 bits per heavy atom. The molecule has 0 fully saturated rings. The smallest absolute Gasteiger partial charge is 0.303 e. The van der Waals surface area contributed by atoms with E-state index in [0.717, 1.165) is 9.28 Å². The third kappa shape index (κ3) is 7.09. The van der Waals surface area contributed by atoms with Gasteiger partial charge in [0.2, 0.25) is 0 Å². The standard InChI is InChI=1S/C10H15NO2S3/c1-3-15-9(14)16-7-10(2,6-11)5-4-8(12)13/h3-5,7H2,1-2H3,(H,12,13). The first-order valence-corrected chi connectivity index (χ1v) is 7.24. The van der Waals surface area contributed by atoms with Gasteiger partial charge in [0.05, 0.1) is 11.5 Å². The van der Waals surface area contributed by atoms with Gasteiger partial charge in [-0.1, -0.05) is 19.1 Å². The molecule has 0 saturated carbocycles. The molecule has 0 rings (SSSR count). The van der Waals surface area contributed by atoms with E-state index in [0.29, 0.717) is 12.2 Å². The van der Waals surface area contributed by atoms with Crippen LogP contribution in [-0.4, -0.2) is 26.1 Å². The van der Waals surface area contributed by atoms with E-state index in [2.05, 4.69) is 6.07 Å². The predicted molar refractivity (Wildman–Crippen MR) is 73.8 cm³/mol. The molecule has 1 unspecified atom stereocenters. The SMILES string of the molecule is CCSC(=S)SCC(C)(C#N)CCC(=O)O. The molecule has 90 valence electrons. The topological polar surface area (TPSA) is 61.1 Å². The van der Waals surface area contributed by atoms with Crippen molar-refractivity contribution in [3.05, 3.63) is 0 Å². The zero-order valence-electron chi connectivity index (χ0n) is 9.36. The minimum Gasteiger partial charge on any atom is -0.481 e. The highest BCUT2D eigenvalue weighted by atomic mass is 32.2. The minimum atomic E-state index is -0.864. The van der Waals surface area contributed by atoms with Gasteiger partial charge in [-0.3, -0.25) is 4.79 Å². The highest BCUT2D eigenvalue weighted by Crippen LogP contribution is 2.30. The lowest BCUT2D eigenvalue weighted by Gasteiger charge is -2.19. The number of rotatable bonds is 6. The van der Waals surface area contributed by atoms with Crippen LogP contribution in [0.2, 0.25) is 0 Å². The number of thiocarbonyl (C=S) groups is 1. The van der Waals surface area contributed by atoms with E-state index in [1.807, 2.05) is 6.92 Å². The summed E-state index contributed by atoms with van der Waals surface area (Å²) in [6.07, 6.45) is 0.392. The molecule has 0 aliphatic carbocycles. The summed E-state index contributed by atoms with van der Waals surface area (Å²) in [7, 11) is 0. The molecular weight excluding hydrogens is 262 g/mol. The second-order valence-corrected chi connectivity index (χ2v) is 6.98. The molecule has 0 aromatic carbocycles. The van der Waals surface area contributed by atoms with Crippen LogP contribution in [0.3, 0.4) is 0 Å². The second kappa shape index (κ2) is 7.93. The molecule has 0 spiro atoms. The number of hydrogen-bond acceptors (Lipinski definition) is 5. The lowest BCUT2D eigenvalue weighted by atomic mass is 9.89. The van der Waals surface area contributed by atoms with Gasteiger partial charge < -0.3 is 5.11 Å². The number of nitrogens with zero attached hydrogens (tertiary/aromatic N) is 1. The molecule has 3 nitrogen and oxygen atoms in total. The van der Waals surface area contributed by atoms with Crippen LogP contribution in [0.4, 0.5) is 0 Å². The maximum atomic E-state index is 10.5. The molecule has 16 heavy (non-hydrogen) atoms. The van der Waals surface area contributed by atoms with Crippen LogP contribution in [0.1, 0.15) is 26.7 Å². The van der Waals surface area contributed by atoms with Crippen LogP contribution in [0.25, 0.3) is 0 Å². The summed E-state index contributed by atoms with van der Waals surface area (Å²) in [4.78, 5) is 10.5. The molecular formula is C10H15NO2S3. The lowest BCUT2D eigenvalue weighted by Crippen LogP contribution is -2.19. The van der Waals surface area contributed by atoms with Crippen LogP contribution in [0, 0.1) is 16.7 Å². The zero-order valence-corrected chi connectivity index (χ0v) is 11.8. The fourth-order valence-corrected chi connectivity index (χ4v) is 3.20. The molecule has 1 atom stereocenters. The van der Waals surface area contributed by atoms with Crippen LogP contribution in [-0.2, 0) is 4.79 Å². The number of carbonyl (C=O) groups is 1. The number of carboxylic acid groups (broad SMARTS) is 1. The summed E-state index contributed by atoms with van der Waals surface area (Å²) in [6, 6.07) is 2.18. The molecule has 0 saturated heterocycles. The Hall–Kier alpha value is -0.250. The van der Waals surface area contributed by atoms with E-state index < -0.39 is 11.4 Å². The molecule has 0 bridgehead atoms. The first-order valence-electron chi connectivity index (χ1n) is 4.86. The van der Waals surface area contributed by atoms with E-state index >= 15 is 0 Å². The molecule has 1 N–H and O–H groups in total. The first-order chi connectivity index (χ1) is 7.43. The van der Waals surface area contributed by atoms with Crippen molar-refractivity contribution >= 4 is 45.2 Å². The molecule has 0 aromatic heterocycles. The molecule has 0 aromatic rings. The minimum absolute atomic E-state index is 0.0261. The van der Waals surface area contributed by atoms with Crippen molar-refractivity contribution in [2.24, 2.45) is 5.41 Å². The third-order valence-corrected chi connectivity index (χ3v) is 4.89. The van der Waals surface area contributed by atoms with Crippen LogP contribution < -0.4 is 0 Å². The summed E-state index contributed by atoms with van der Waals surface area (Å²) in [5.74, 6) is 0.615. The van der Waals surface area contributed by atoms with Crippen molar-refractivity contribution in [2.45, 2.75) is 26.7 Å². The van der Waals surface area contributed by atoms with Crippen LogP contribution in [0.15, 0.2) is 0 Å². The molecule has 0 amide bonds. The van der Waals surface area contributed by atoms with Crippen molar-refractivity contribution in [3.63, 3.8) is 0 Å². The van der Waals surface area contributed by atoms with Crippen molar-refractivity contribution in [1.82, 2.24) is 0 Å². The zero-order chi connectivity index (χ0) is 12.6. The Bertz CT molecular complexity index is 301. The number of hydrogen-bond donors (Lipinski definition) is 1. The quantitative estimate of drug-likeness (QED) is 0.753. The number of aliphatic carboxylic acids is 1. The van der Waals surface area contributed by atoms with Gasteiger partial charge in [-0.25, -0.2) is 0 Å². The van der Waals surface area contributed by atoms with E-state index in [9.17, 15) is 4.79 Å². The van der Waals surface area contributed by atoms with Gasteiger partial charge in [-0.15, -0.1) is 23.5 Å². The highest BCUT2D eigenvalue weighted by Gasteiger charge is 2.25. The van der Waals surface area contributed by atoms with Crippen molar-refractivity contribution in [3.8, 4) is 6.07 Å². The number of carboxylic acids is 1. The lowest BCUT2D eigenvalue weighted by molar-refractivity contribution is -0.137. The third-order valence-electron chi connectivity index (χ3n) is 1.93. The van der Waals surface area contributed by atoms with Crippen molar-refractivity contribution in [2.75, 3.05) is 11.5 Å². The van der Waals surface area contributed by atoms with Gasteiger partial charge in [-0.05, 0) is 19.1 Å². The molecule has 0 aliphatic heterocycles. The Labute approximate surface area is 110 Å². The van der Waals surface area contributed by atoms with E-state index in [1.54, 1.807) is 18.7 Å². The maximum Gasteiger partial charge on any atom is 0.303 e. The molecule has 6 heteroatoms. The van der Waals surface area contributed by atoms with Crippen LogP contribution in [0.5, 0.6) is 0 Å². The summed E-state index contributed by atoms with van der Waals surface area (Å²) in [5.41, 5.74) is -0.610. The van der Waals surface area contributed by atoms with Crippen molar-refractivity contribution in [1.29, 1.82) is 5.26 Å². The maximum absolute atomic E-state index is 10.5. The van der Waals surface area contributed by atoms with Crippen molar-refractivity contribution < 1.29 is 9.90 Å². The second-order valence-electron chi connectivity index (χ2n) is 3.54. The predicted octanol–water partition coefficient (Wildman–Crippen LogP) is 3.15. The Kier molecular flexibility index (Phi) is 7.81. The van der Waals surface area contributed by atoms with E-state index in [-0.39, 0.29) is 6.42 Å². The molecule has 0 radical (unpaired) electrons. The normalized spacial score (nSPS) is 13.8. The Morgan fingerprint density at radius 2 is 2.19 bits per heavy atom. The fourth-order valence-electron chi connectivity index (χ4n) is 0.921. The Balaban J connectivity index is 4.12. The van der Waals surface area contributed by atoms with Gasteiger partial charge in [0, 0.05) is 12.2 Å². The highest BCUT2D eigenvalue weighted by molar-refractivity contribution is 8.47. The summed E-state index contributed by atoms with van der Waals surface area (Å²) in [6.45, 7) is 3.80. The first kappa shape index (κ1) is 15.8. The van der Waals surface area contributed by atoms with Crippen LogP contribution >= 0.6 is 35.7 Å². The van der Waals surface area contributed by atoms with E-state index in [4.69, 9.17) is 22.6 Å². The largest absolute Gasteiger partial charge is 0.481 e. The monoisotopic (exact) mass is 277 g/mol. The molecule has 0 aliphatic rings. The number of thioether (sulfide) groups is 2. The van der Waals surface area contributed by atoms with Gasteiger partial charge >= 0.3 is 5.97 Å². The van der Waals surface area contributed by atoms with Gasteiger partial charge in [0.25, 0.3) is 0 Å². The van der Waals surface area contributed by atoms with Gasteiger partial charge in [-0.2, -0.15) is 5.26 Å². The average Bonchev–Trinajstić information content (AvgIpc) is 2.24.